The number of nitrogens with zero attached hydrogens (tertiary/aromatic N) is 3. The monoisotopic (exact) mass is 273 g/mol. The van der Waals surface area contributed by atoms with E-state index in [0.717, 1.165) is 18.5 Å². The number of pyridine rings is 1. The summed E-state index contributed by atoms with van der Waals surface area (Å²) >= 11 is 0. The molecule has 0 aliphatic heterocycles. The summed E-state index contributed by atoms with van der Waals surface area (Å²) in [6.07, 6.45) is -2.40. The molecule has 0 aromatic carbocycles. The predicted octanol–water partition coefficient (Wildman–Crippen LogP) is 3.68. The lowest BCUT2D eigenvalue weighted by atomic mass is 10.2. The number of hydrogen-bond donors (Lipinski definition) is 0. The van der Waals surface area contributed by atoms with E-state index in [2.05, 4.69) is 9.97 Å². The van der Waals surface area contributed by atoms with Crippen molar-refractivity contribution in [1.82, 2.24) is 14.5 Å². The number of hydrogen-bond acceptors (Lipinski definition) is 2. The third-order valence-electron chi connectivity index (χ3n) is 2.56. The first kappa shape index (κ1) is 13.5. The largest absolute Gasteiger partial charge is 0.434 e. The molecule has 0 aliphatic carbocycles. The van der Waals surface area contributed by atoms with Gasteiger partial charge in [0.1, 0.15) is 5.82 Å². The second-order valence-corrected chi connectivity index (χ2v) is 4.32. The maximum atomic E-state index is 12.7. The standard InChI is InChI=1S/C12H11F4N3/c1-7(2)19-6-9(12(14,15)16)18-11(19)8-3-4-10(13)17-5-8/h3-7H,1-2H3. The fraction of sp³-hybridized carbons (Fsp3) is 0.333. The van der Waals surface area contributed by atoms with Crippen molar-refractivity contribution in [3.63, 3.8) is 0 Å². The molecule has 0 aliphatic rings. The van der Waals surface area contributed by atoms with E-state index in [1.807, 2.05) is 0 Å². The van der Waals surface area contributed by atoms with Crippen LogP contribution in [0.25, 0.3) is 11.4 Å². The molecule has 0 unspecified atom stereocenters. The lowest BCUT2D eigenvalue weighted by Crippen LogP contribution is -2.05. The summed E-state index contributed by atoms with van der Waals surface area (Å²) in [7, 11) is 0. The smallest absolute Gasteiger partial charge is 0.328 e. The molecule has 2 aromatic heterocycles. The van der Waals surface area contributed by atoms with Crippen LogP contribution >= 0.6 is 0 Å². The Balaban J connectivity index is 2.55. The molecule has 0 bridgehead atoms. The van der Waals surface area contributed by atoms with Crippen molar-refractivity contribution in [2.75, 3.05) is 0 Å². The second kappa shape index (κ2) is 4.64. The van der Waals surface area contributed by atoms with Crippen LogP contribution in [0, 0.1) is 5.95 Å². The Labute approximate surface area is 106 Å². The van der Waals surface area contributed by atoms with E-state index in [4.69, 9.17) is 0 Å². The molecule has 0 saturated carbocycles. The third-order valence-corrected chi connectivity index (χ3v) is 2.56. The SMILES string of the molecule is CC(C)n1cc(C(F)(F)F)nc1-c1ccc(F)nc1. The van der Waals surface area contributed by atoms with E-state index in [1.165, 1.54) is 10.6 Å². The molecular formula is C12H11F4N3. The highest BCUT2D eigenvalue weighted by molar-refractivity contribution is 5.54. The summed E-state index contributed by atoms with van der Waals surface area (Å²) in [4.78, 5) is 7.00. The second-order valence-electron chi connectivity index (χ2n) is 4.32. The minimum Gasteiger partial charge on any atom is -0.328 e. The Bertz CT molecular complexity index is 570. The molecule has 0 saturated heterocycles. The fourth-order valence-corrected chi connectivity index (χ4v) is 1.65. The quantitative estimate of drug-likeness (QED) is 0.617. The normalized spacial score (nSPS) is 12.2. The van der Waals surface area contributed by atoms with Gasteiger partial charge in [0.25, 0.3) is 0 Å². The summed E-state index contributed by atoms with van der Waals surface area (Å²) in [6, 6.07) is 2.23. The molecule has 0 spiro atoms. The summed E-state index contributed by atoms with van der Waals surface area (Å²) < 4.78 is 52.1. The van der Waals surface area contributed by atoms with E-state index < -0.39 is 17.8 Å². The van der Waals surface area contributed by atoms with Crippen LogP contribution in [0.1, 0.15) is 25.6 Å². The van der Waals surface area contributed by atoms with E-state index in [0.29, 0.717) is 5.56 Å². The predicted molar refractivity (Wildman–Crippen MR) is 60.8 cm³/mol. The zero-order chi connectivity index (χ0) is 14.2. The first-order valence-corrected chi connectivity index (χ1v) is 5.57. The van der Waals surface area contributed by atoms with Crippen LogP contribution in [-0.4, -0.2) is 14.5 Å². The lowest BCUT2D eigenvalue weighted by Gasteiger charge is -2.10. The molecule has 0 atom stereocenters. The van der Waals surface area contributed by atoms with Crippen molar-refractivity contribution in [3.8, 4) is 11.4 Å². The van der Waals surface area contributed by atoms with Crippen LogP contribution < -0.4 is 0 Å². The number of rotatable bonds is 2. The van der Waals surface area contributed by atoms with E-state index in [-0.39, 0.29) is 11.9 Å². The van der Waals surface area contributed by atoms with E-state index >= 15 is 0 Å². The number of alkyl halides is 3. The third kappa shape index (κ3) is 2.74. The van der Waals surface area contributed by atoms with Gasteiger partial charge >= 0.3 is 6.18 Å². The minimum atomic E-state index is -4.51. The van der Waals surface area contributed by atoms with Crippen molar-refractivity contribution in [2.45, 2.75) is 26.1 Å². The zero-order valence-electron chi connectivity index (χ0n) is 10.2. The van der Waals surface area contributed by atoms with Gasteiger partial charge in [-0.1, -0.05) is 0 Å². The number of imidazole rings is 1. The molecule has 0 N–H and O–H groups in total. The highest BCUT2D eigenvalue weighted by atomic mass is 19.4. The van der Waals surface area contributed by atoms with Gasteiger partial charge in [0.2, 0.25) is 5.95 Å². The van der Waals surface area contributed by atoms with Gasteiger partial charge in [-0.25, -0.2) is 9.97 Å². The summed E-state index contributed by atoms with van der Waals surface area (Å²) in [5.41, 5.74) is -0.633. The molecule has 7 heteroatoms. The Morgan fingerprint density at radius 1 is 1.21 bits per heavy atom. The van der Waals surface area contributed by atoms with Gasteiger partial charge in [-0.3, -0.25) is 0 Å². The van der Waals surface area contributed by atoms with Gasteiger partial charge in [0.15, 0.2) is 5.69 Å². The molecule has 2 rings (SSSR count). The van der Waals surface area contributed by atoms with Crippen molar-refractivity contribution in [2.24, 2.45) is 0 Å². The highest BCUT2D eigenvalue weighted by Crippen LogP contribution is 2.32. The molecule has 2 aromatic rings. The zero-order valence-corrected chi connectivity index (χ0v) is 10.2. The summed E-state index contributed by atoms with van der Waals surface area (Å²) in [6.45, 7) is 3.48. The topological polar surface area (TPSA) is 30.7 Å². The maximum absolute atomic E-state index is 12.7. The minimum absolute atomic E-state index is 0.120. The van der Waals surface area contributed by atoms with Crippen molar-refractivity contribution >= 4 is 0 Å². The van der Waals surface area contributed by atoms with Gasteiger partial charge in [0, 0.05) is 24.0 Å². The van der Waals surface area contributed by atoms with Crippen molar-refractivity contribution in [1.29, 1.82) is 0 Å². The average molecular weight is 273 g/mol. The van der Waals surface area contributed by atoms with E-state index in [1.54, 1.807) is 13.8 Å². The van der Waals surface area contributed by atoms with Gasteiger partial charge < -0.3 is 4.57 Å². The van der Waals surface area contributed by atoms with Gasteiger partial charge in [0.05, 0.1) is 0 Å². The lowest BCUT2D eigenvalue weighted by molar-refractivity contribution is -0.140. The van der Waals surface area contributed by atoms with Crippen LogP contribution in [0.4, 0.5) is 17.6 Å². The molecule has 102 valence electrons. The van der Waals surface area contributed by atoms with Gasteiger partial charge in [-0.05, 0) is 26.0 Å². The Morgan fingerprint density at radius 2 is 1.89 bits per heavy atom. The molecule has 0 radical (unpaired) electrons. The first-order valence-electron chi connectivity index (χ1n) is 5.57. The van der Waals surface area contributed by atoms with E-state index in [9.17, 15) is 17.6 Å². The van der Waals surface area contributed by atoms with Gasteiger partial charge in [-0.15, -0.1) is 0 Å². The molecular weight excluding hydrogens is 262 g/mol. The molecule has 0 fully saturated rings. The number of halogens is 4. The van der Waals surface area contributed by atoms with Gasteiger partial charge in [-0.2, -0.15) is 17.6 Å². The van der Waals surface area contributed by atoms with Crippen molar-refractivity contribution in [3.05, 3.63) is 36.2 Å². The molecule has 0 amide bonds. The highest BCUT2D eigenvalue weighted by Gasteiger charge is 2.35. The number of aromatic nitrogens is 3. The Kier molecular flexibility index (Phi) is 3.30. The molecule has 19 heavy (non-hydrogen) atoms. The van der Waals surface area contributed by atoms with Crippen LogP contribution in [0.5, 0.6) is 0 Å². The van der Waals surface area contributed by atoms with Crippen LogP contribution in [-0.2, 0) is 6.18 Å². The van der Waals surface area contributed by atoms with Crippen LogP contribution in [0.2, 0.25) is 0 Å². The Morgan fingerprint density at radius 3 is 2.37 bits per heavy atom. The van der Waals surface area contributed by atoms with Crippen LogP contribution in [0.15, 0.2) is 24.5 Å². The maximum Gasteiger partial charge on any atom is 0.434 e. The first-order chi connectivity index (χ1) is 8.79. The fourth-order valence-electron chi connectivity index (χ4n) is 1.65. The Hall–Kier alpha value is -1.92. The summed E-state index contributed by atoms with van der Waals surface area (Å²) in [5.74, 6) is -0.572. The summed E-state index contributed by atoms with van der Waals surface area (Å²) in [5, 5.41) is 0. The average Bonchev–Trinajstić information content (AvgIpc) is 2.74. The molecule has 3 nitrogen and oxygen atoms in total. The molecule has 2 heterocycles. The van der Waals surface area contributed by atoms with Crippen molar-refractivity contribution < 1.29 is 17.6 Å². The van der Waals surface area contributed by atoms with Crippen LogP contribution in [0.3, 0.4) is 0 Å².